The summed E-state index contributed by atoms with van der Waals surface area (Å²) < 4.78 is 38.6. The minimum Gasteiger partial charge on any atom is -0.496 e. The van der Waals surface area contributed by atoms with Crippen LogP contribution in [-0.2, 0) is 19.6 Å². The number of carbonyl (C=O) groups excluding carboxylic acids is 1. The zero-order chi connectivity index (χ0) is 19.3. The SMILES string of the molecule is COc1cc(C)c(S(=O)(=O)NCCN(CC2CCCO2)C(C)=O)cc1C. The third-order valence-electron chi connectivity index (χ3n) is 4.55. The van der Waals surface area contributed by atoms with E-state index in [9.17, 15) is 13.2 Å². The number of hydrogen-bond donors (Lipinski definition) is 1. The molecule has 1 heterocycles. The number of carbonyl (C=O) groups is 1. The Labute approximate surface area is 155 Å². The van der Waals surface area contributed by atoms with Gasteiger partial charge in [-0.15, -0.1) is 0 Å². The van der Waals surface area contributed by atoms with Crippen molar-refractivity contribution in [2.75, 3.05) is 33.4 Å². The maximum absolute atomic E-state index is 12.6. The minimum atomic E-state index is -3.66. The molecule has 0 spiro atoms. The second-order valence-corrected chi connectivity index (χ2v) is 8.32. The number of nitrogens with one attached hydrogen (secondary N) is 1. The van der Waals surface area contributed by atoms with Crippen LogP contribution in [0.1, 0.15) is 30.9 Å². The van der Waals surface area contributed by atoms with Gasteiger partial charge in [-0.05, 0) is 49.9 Å². The van der Waals surface area contributed by atoms with Gasteiger partial charge in [0.25, 0.3) is 0 Å². The molecule has 8 heteroatoms. The lowest BCUT2D eigenvalue weighted by atomic mass is 10.1. The Morgan fingerprint density at radius 3 is 2.65 bits per heavy atom. The van der Waals surface area contributed by atoms with Gasteiger partial charge in [-0.1, -0.05) is 0 Å². The van der Waals surface area contributed by atoms with Crippen LogP contribution in [0.15, 0.2) is 17.0 Å². The van der Waals surface area contributed by atoms with E-state index in [1.165, 1.54) is 6.92 Å². The van der Waals surface area contributed by atoms with Crippen molar-refractivity contribution >= 4 is 15.9 Å². The fourth-order valence-electron chi connectivity index (χ4n) is 3.08. The van der Waals surface area contributed by atoms with Gasteiger partial charge in [0.2, 0.25) is 15.9 Å². The topological polar surface area (TPSA) is 84.9 Å². The van der Waals surface area contributed by atoms with Crippen molar-refractivity contribution in [1.29, 1.82) is 0 Å². The number of hydrogen-bond acceptors (Lipinski definition) is 5. The first-order valence-corrected chi connectivity index (χ1v) is 10.2. The van der Waals surface area contributed by atoms with Gasteiger partial charge < -0.3 is 14.4 Å². The summed E-state index contributed by atoms with van der Waals surface area (Å²) in [4.78, 5) is 13.7. The average Bonchev–Trinajstić information content (AvgIpc) is 3.08. The van der Waals surface area contributed by atoms with Crippen LogP contribution in [0.4, 0.5) is 0 Å². The molecule has 7 nitrogen and oxygen atoms in total. The van der Waals surface area contributed by atoms with Crippen LogP contribution in [0.3, 0.4) is 0 Å². The highest BCUT2D eigenvalue weighted by molar-refractivity contribution is 7.89. The van der Waals surface area contributed by atoms with E-state index in [4.69, 9.17) is 9.47 Å². The molecule has 1 aliphatic heterocycles. The van der Waals surface area contributed by atoms with Crippen molar-refractivity contribution < 1.29 is 22.7 Å². The molecule has 1 aromatic rings. The van der Waals surface area contributed by atoms with Crippen molar-refractivity contribution in [2.45, 2.75) is 44.6 Å². The molecule has 26 heavy (non-hydrogen) atoms. The molecule has 1 N–H and O–H groups in total. The van der Waals surface area contributed by atoms with Gasteiger partial charge in [0, 0.05) is 33.2 Å². The average molecular weight is 384 g/mol. The highest BCUT2D eigenvalue weighted by Gasteiger charge is 2.22. The van der Waals surface area contributed by atoms with Crippen LogP contribution in [0, 0.1) is 13.8 Å². The Bertz CT molecular complexity index is 742. The first-order chi connectivity index (χ1) is 12.2. The van der Waals surface area contributed by atoms with Crippen molar-refractivity contribution in [2.24, 2.45) is 0 Å². The summed E-state index contributed by atoms with van der Waals surface area (Å²) in [6.45, 7) is 6.70. The number of amides is 1. The summed E-state index contributed by atoms with van der Waals surface area (Å²) in [7, 11) is -2.11. The maximum atomic E-state index is 12.6. The first-order valence-electron chi connectivity index (χ1n) is 8.76. The van der Waals surface area contributed by atoms with Gasteiger partial charge in [-0.2, -0.15) is 0 Å². The summed E-state index contributed by atoms with van der Waals surface area (Å²) in [6, 6.07) is 3.31. The van der Waals surface area contributed by atoms with Gasteiger partial charge in [0.1, 0.15) is 5.75 Å². The summed E-state index contributed by atoms with van der Waals surface area (Å²) in [5, 5.41) is 0. The van der Waals surface area contributed by atoms with E-state index >= 15 is 0 Å². The van der Waals surface area contributed by atoms with E-state index in [1.54, 1.807) is 38.0 Å². The smallest absolute Gasteiger partial charge is 0.240 e. The number of ether oxygens (including phenoxy) is 2. The van der Waals surface area contributed by atoms with Crippen LogP contribution in [0.2, 0.25) is 0 Å². The molecule has 2 rings (SSSR count). The van der Waals surface area contributed by atoms with E-state index in [1.807, 2.05) is 0 Å². The quantitative estimate of drug-likeness (QED) is 0.736. The van der Waals surface area contributed by atoms with Gasteiger partial charge in [-0.25, -0.2) is 13.1 Å². The van der Waals surface area contributed by atoms with Crippen LogP contribution in [0.5, 0.6) is 5.75 Å². The lowest BCUT2D eigenvalue weighted by Gasteiger charge is -2.24. The number of methoxy groups -OCH3 is 1. The first kappa shape index (κ1) is 20.7. The van der Waals surface area contributed by atoms with Crippen LogP contribution in [0.25, 0.3) is 0 Å². The van der Waals surface area contributed by atoms with E-state index < -0.39 is 10.0 Å². The second kappa shape index (κ2) is 8.83. The number of benzene rings is 1. The second-order valence-electron chi connectivity index (χ2n) is 6.59. The number of sulfonamides is 1. The highest BCUT2D eigenvalue weighted by Crippen LogP contribution is 2.25. The molecular formula is C18H28N2O5S. The molecule has 1 saturated heterocycles. The standard InChI is InChI=1S/C18H28N2O5S/c1-13-11-18(14(2)10-17(13)24-4)26(22,23)19-7-8-20(15(3)21)12-16-6-5-9-25-16/h10-11,16,19H,5-9,12H2,1-4H3. The van der Waals surface area contributed by atoms with Crippen LogP contribution >= 0.6 is 0 Å². The fourth-order valence-corrected chi connectivity index (χ4v) is 4.41. The molecule has 0 aliphatic carbocycles. The molecule has 1 fully saturated rings. The molecule has 1 aliphatic rings. The van der Waals surface area contributed by atoms with Gasteiger partial charge in [-0.3, -0.25) is 4.79 Å². The minimum absolute atomic E-state index is 0.0435. The number of rotatable bonds is 8. The summed E-state index contributed by atoms with van der Waals surface area (Å²) in [6.07, 6.45) is 1.97. The molecule has 0 aromatic heterocycles. The third kappa shape index (κ3) is 5.18. The predicted molar refractivity (Wildman–Crippen MR) is 98.9 cm³/mol. The van der Waals surface area contributed by atoms with Crippen molar-refractivity contribution in [3.05, 3.63) is 23.3 Å². The molecule has 1 aromatic carbocycles. The molecule has 1 amide bonds. The fraction of sp³-hybridized carbons (Fsp3) is 0.611. The van der Waals surface area contributed by atoms with E-state index in [2.05, 4.69) is 4.72 Å². The monoisotopic (exact) mass is 384 g/mol. The largest absolute Gasteiger partial charge is 0.496 e. The Kier molecular flexibility index (Phi) is 7.02. The van der Waals surface area contributed by atoms with Crippen LogP contribution < -0.4 is 9.46 Å². The lowest BCUT2D eigenvalue weighted by molar-refractivity contribution is -0.130. The van der Waals surface area contributed by atoms with E-state index in [-0.39, 0.29) is 23.5 Å². The Hall–Kier alpha value is -1.64. The lowest BCUT2D eigenvalue weighted by Crippen LogP contribution is -2.41. The molecule has 1 unspecified atom stereocenters. The zero-order valence-corrected chi connectivity index (χ0v) is 16.7. The number of nitrogens with zero attached hydrogens (tertiary/aromatic N) is 1. The van der Waals surface area contributed by atoms with Gasteiger partial charge >= 0.3 is 0 Å². The predicted octanol–water partition coefficient (Wildman–Crippen LogP) is 1.62. The molecule has 146 valence electrons. The summed E-state index contributed by atoms with van der Waals surface area (Å²) in [5.74, 6) is 0.567. The molecule has 1 atom stereocenters. The van der Waals surface area contributed by atoms with E-state index in [0.717, 1.165) is 25.0 Å². The molecule has 0 bridgehead atoms. The van der Waals surface area contributed by atoms with Crippen LogP contribution in [-0.4, -0.2) is 58.7 Å². The third-order valence-corrected chi connectivity index (χ3v) is 6.15. The molecular weight excluding hydrogens is 356 g/mol. The van der Waals surface area contributed by atoms with E-state index in [0.29, 0.717) is 24.4 Å². The maximum Gasteiger partial charge on any atom is 0.240 e. The Balaban J connectivity index is 2.00. The number of aryl methyl sites for hydroxylation is 2. The van der Waals surface area contributed by atoms with Gasteiger partial charge in [0.05, 0.1) is 18.1 Å². The Morgan fingerprint density at radius 2 is 2.08 bits per heavy atom. The van der Waals surface area contributed by atoms with Gasteiger partial charge in [0.15, 0.2) is 0 Å². The zero-order valence-electron chi connectivity index (χ0n) is 15.9. The normalized spacial score (nSPS) is 17.3. The molecule has 0 saturated carbocycles. The summed E-state index contributed by atoms with van der Waals surface area (Å²) in [5.41, 5.74) is 1.37. The van der Waals surface area contributed by atoms with Crippen molar-refractivity contribution in [3.8, 4) is 5.75 Å². The summed E-state index contributed by atoms with van der Waals surface area (Å²) >= 11 is 0. The highest BCUT2D eigenvalue weighted by atomic mass is 32.2. The Morgan fingerprint density at radius 1 is 1.35 bits per heavy atom. The van der Waals surface area contributed by atoms with Crippen molar-refractivity contribution in [1.82, 2.24) is 9.62 Å². The molecule has 0 radical (unpaired) electrons. The van der Waals surface area contributed by atoms with Crippen molar-refractivity contribution in [3.63, 3.8) is 0 Å².